The first-order valence-corrected chi connectivity index (χ1v) is 7.28. The highest BCUT2D eigenvalue weighted by Gasteiger charge is 2.34. The topological polar surface area (TPSA) is 58.9 Å². The standard InChI is InChI=1S/C13H26N6/c1-5-7-11-8-14-13(3,6-2)10-19(11)9-12-15-17-18(4)16-12/h11,14H,5-10H2,1-4H3. The first kappa shape index (κ1) is 14.4. The van der Waals surface area contributed by atoms with Crippen LogP contribution in [-0.4, -0.2) is 49.8 Å². The second-order valence-corrected chi connectivity index (χ2v) is 5.84. The van der Waals surface area contributed by atoms with Gasteiger partial charge in [-0.25, -0.2) is 0 Å². The van der Waals surface area contributed by atoms with Crippen molar-refractivity contribution >= 4 is 0 Å². The van der Waals surface area contributed by atoms with Crippen LogP contribution in [0.25, 0.3) is 0 Å². The zero-order chi connectivity index (χ0) is 13.9. The summed E-state index contributed by atoms with van der Waals surface area (Å²) in [5.74, 6) is 0.823. The van der Waals surface area contributed by atoms with E-state index in [-0.39, 0.29) is 5.54 Å². The lowest BCUT2D eigenvalue weighted by Crippen LogP contribution is -2.62. The number of nitrogens with zero attached hydrogens (tertiary/aromatic N) is 5. The summed E-state index contributed by atoms with van der Waals surface area (Å²) < 4.78 is 0. The van der Waals surface area contributed by atoms with E-state index in [1.54, 1.807) is 0 Å². The van der Waals surface area contributed by atoms with Gasteiger partial charge in [-0.1, -0.05) is 20.3 Å². The first-order chi connectivity index (χ1) is 9.06. The van der Waals surface area contributed by atoms with E-state index in [0.29, 0.717) is 6.04 Å². The Morgan fingerprint density at radius 2 is 2.21 bits per heavy atom. The normalized spacial score (nSPS) is 28.7. The molecule has 2 rings (SSSR count). The van der Waals surface area contributed by atoms with Crippen molar-refractivity contribution in [1.29, 1.82) is 0 Å². The molecule has 0 amide bonds. The second kappa shape index (κ2) is 5.96. The van der Waals surface area contributed by atoms with Crippen LogP contribution in [0.2, 0.25) is 0 Å². The van der Waals surface area contributed by atoms with Crippen LogP contribution in [0.4, 0.5) is 0 Å². The van der Waals surface area contributed by atoms with Crippen molar-refractivity contribution in [3.8, 4) is 0 Å². The van der Waals surface area contributed by atoms with Gasteiger partial charge >= 0.3 is 0 Å². The minimum Gasteiger partial charge on any atom is -0.309 e. The summed E-state index contributed by atoms with van der Waals surface area (Å²) in [4.78, 5) is 4.05. The van der Waals surface area contributed by atoms with Gasteiger partial charge in [0, 0.05) is 24.7 Å². The van der Waals surface area contributed by atoms with Gasteiger partial charge in [0.1, 0.15) is 0 Å². The molecule has 6 heteroatoms. The lowest BCUT2D eigenvalue weighted by atomic mass is 9.92. The van der Waals surface area contributed by atoms with Gasteiger partial charge in [0.05, 0.1) is 13.6 Å². The molecule has 1 aliphatic rings. The average molecular weight is 266 g/mol. The van der Waals surface area contributed by atoms with Crippen molar-refractivity contribution < 1.29 is 0 Å². The van der Waals surface area contributed by atoms with Crippen LogP contribution < -0.4 is 5.32 Å². The molecule has 1 aromatic heterocycles. The Morgan fingerprint density at radius 3 is 2.79 bits per heavy atom. The average Bonchev–Trinajstić information content (AvgIpc) is 2.79. The van der Waals surface area contributed by atoms with Gasteiger partial charge in [0.25, 0.3) is 0 Å². The number of tetrazole rings is 1. The highest BCUT2D eigenvalue weighted by molar-refractivity contribution is 4.95. The zero-order valence-electron chi connectivity index (χ0n) is 12.6. The third-order valence-corrected chi connectivity index (χ3v) is 4.13. The largest absolute Gasteiger partial charge is 0.309 e. The lowest BCUT2D eigenvalue weighted by Gasteiger charge is -2.45. The van der Waals surface area contributed by atoms with E-state index in [9.17, 15) is 0 Å². The SMILES string of the molecule is CCCC1CNC(C)(CC)CN1Cc1nnn(C)n1. The summed E-state index contributed by atoms with van der Waals surface area (Å²) in [5.41, 5.74) is 0.201. The Balaban J connectivity index is 2.06. The molecule has 1 saturated heterocycles. The Kier molecular flexibility index (Phi) is 4.52. The lowest BCUT2D eigenvalue weighted by molar-refractivity contribution is 0.0702. The van der Waals surface area contributed by atoms with E-state index in [2.05, 4.69) is 46.4 Å². The van der Waals surface area contributed by atoms with E-state index in [1.165, 1.54) is 17.6 Å². The fourth-order valence-electron chi connectivity index (χ4n) is 2.73. The molecule has 0 aromatic carbocycles. The van der Waals surface area contributed by atoms with Crippen molar-refractivity contribution in [3.05, 3.63) is 5.82 Å². The predicted octanol–water partition coefficient (Wildman–Crippen LogP) is 0.953. The fourth-order valence-corrected chi connectivity index (χ4v) is 2.73. The van der Waals surface area contributed by atoms with Crippen LogP contribution in [0.5, 0.6) is 0 Å². The third kappa shape index (κ3) is 3.51. The number of nitrogens with one attached hydrogen (secondary N) is 1. The maximum atomic E-state index is 4.31. The molecule has 0 saturated carbocycles. The molecule has 1 fully saturated rings. The van der Waals surface area contributed by atoms with Gasteiger partial charge in [-0.15, -0.1) is 10.2 Å². The molecular weight excluding hydrogens is 240 g/mol. The van der Waals surface area contributed by atoms with Gasteiger partial charge in [-0.2, -0.15) is 4.80 Å². The number of rotatable bonds is 5. The van der Waals surface area contributed by atoms with Gasteiger partial charge < -0.3 is 5.32 Å². The smallest absolute Gasteiger partial charge is 0.188 e. The quantitative estimate of drug-likeness (QED) is 0.860. The maximum absolute atomic E-state index is 4.31. The summed E-state index contributed by atoms with van der Waals surface area (Å²) in [6, 6.07) is 0.577. The first-order valence-electron chi connectivity index (χ1n) is 7.28. The minimum absolute atomic E-state index is 0.201. The Labute approximate surface area is 115 Å². The third-order valence-electron chi connectivity index (χ3n) is 4.13. The Bertz CT molecular complexity index is 404. The number of piperazine rings is 1. The molecule has 6 nitrogen and oxygen atoms in total. The van der Waals surface area contributed by atoms with Crippen molar-refractivity contribution in [3.63, 3.8) is 0 Å². The Hall–Kier alpha value is -1.01. The number of hydrogen-bond donors (Lipinski definition) is 1. The van der Waals surface area contributed by atoms with Crippen molar-refractivity contribution in [2.75, 3.05) is 13.1 Å². The number of hydrogen-bond acceptors (Lipinski definition) is 5. The van der Waals surface area contributed by atoms with Crippen molar-refractivity contribution in [2.45, 2.75) is 58.2 Å². The maximum Gasteiger partial charge on any atom is 0.188 e. The highest BCUT2D eigenvalue weighted by Crippen LogP contribution is 2.22. The monoisotopic (exact) mass is 266 g/mol. The molecule has 1 aliphatic heterocycles. The van der Waals surface area contributed by atoms with Crippen molar-refractivity contribution in [1.82, 2.24) is 30.4 Å². The van der Waals surface area contributed by atoms with E-state index >= 15 is 0 Å². The van der Waals surface area contributed by atoms with Crippen LogP contribution in [0.15, 0.2) is 0 Å². The highest BCUT2D eigenvalue weighted by atomic mass is 15.6. The van der Waals surface area contributed by atoms with Crippen LogP contribution in [0.1, 0.15) is 45.9 Å². The van der Waals surface area contributed by atoms with Crippen LogP contribution >= 0.6 is 0 Å². The molecule has 0 aliphatic carbocycles. The van der Waals surface area contributed by atoms with Crippen LogP contribution in [-0.2, 0) is 13.6 Å². The molecule has 2 heterocycles. The Morgan fingerprint density at radius 1 is 1.42 bits per heavy atom. The fraction of sp³-hybridized carbons (Fsp3) is 0.923. The van der Waals surface area contributed by atoms with E-state index in [4.69, 9.17) is 0 Å². The van der Waals surface area contributed by atoms with E-state index in [0.717, 1.165) is 31.9 Å². The molecule has 0 bridgehead atoms. The molecule has 19 heavy (non-hydrogen) atoms. The van der Waals surface area contributed by atoms with Crippen molar-refractivity contribution in [2.24, 2.45) is 7.05 Å². The summed E-state index contributed by atoms with van der Waals surface area (Å²) in [6.07, 6.45) is 3.56. The number of aromatic nitrogens is 4. The van der Waals surface area contributed by atoms with Crippen LogP contribution in [0.3, 0.4) is 0 Å². The van der Waals surface area contributed by atoms with Gasteiger partial charge in [-0.05, 0) is 25.0 Å². The molecule has 2 atom stereocenters. The summed E-state index contributed by atoms with van der Waals surface area (Å²) in [6.45, 7) is 9.69. The molecular formula is C13H26N6. The molecule has 0 radical (unpaired) electrons. The zero-order valence-corrected chi connectivity index (χ0v) is 12.6. The molecule has 1 N–H and O–H groups in total. The summed E-state index contributed by atoms with van der Waals surface area (Å²) in [5, 5.41) is 16.0. The summed E-state index contributed by atoms with van der Waals surface area (Å²) >= 11 is 0. The van der Waals surface area contributed by atoms with E-state index < -0.39 is 0 Å². The van der Waals surface area contributed by atoms with E-state index in [1.807, 2.05) is 7.05 Å². The summed E-state index contributed by atoms with van der Waals surface area (Å²) in [7, 11) is 1.81. The van der Waals surface area contributed by atoms with Gasteiger partial charge in [0.15, 0.2) is 5.82 Å². The minimum atomic E-state index is 0.201. The van der Waals surface area contributed by atoms with Crippen LogP contribution in [0, 0.1) is 0 Å². The molecule has 1 aromatic rings. The van der Waals surface area contributed by atoms with Gasteiger partial charge in [-0.3, -0.25) is 4.90 Å². The predicted molar refractivity (Wildman–Crippen MR) is 74.6 cm³/mol. The van der Waals surface area contributed by atoms with Gasteiger partial charge in [0.2, 0.25) is 0 Å². The molecule has 108 valence electrons. The second-order valence-electron chi connectivity index (χ2n) is 5.84. The molecule has 0 spiro atoms. The molecule has 2 unspecified atom stereocenters. The number of aryl methyl sites for hydroxylation is 1.